The molecule has 0 radical (unpaired) electrons. The van der Waals surface area contributed by atoms with Crippen molar-refractivity contribution in [3.63, 3.8) is 0 Å². The molecule has 0 aromatic carbocycles. The number of carboxylic acid groups (broad SMARTS) is 4. The van der Waals surface area contributed by atoms with Gasteiger partial charge in [-0.15, -0.1) is 0 Å². The summed E-state index contributed by atoms with van der Waals surface area (Å²) in [5, 5.41) is 36.9. The Kier molecular flexibility index (Phi) is 11.3. The second kappa shape index (κ2) is 13.9. The summed E-state index contributed by atoms with van der Waals surface area (Å²) < 4.78 is 0. The molecule has 198 valence electrons. The van der Waals surface area contributed by atoms with Crippen LogP contribution in [0.3, 0.4) is 0 Å². The fraction of sp³-hybridized carbons (Fsp3) is 0.762. The molecule has 2 fully saturated rings. The smallest absolute Gasteiger partial charge is 0.323 e. The van der Waals surface area contributed by atoms with Gasteiger partial charge in [0.2, 0.25) is 5.91 Å². The number of aliphatic carboxylic acids is 4. The molecule has 14 heteroatoms. The Balaban J connectivity index is 2.14. The second-order valence-corrected chi connectivity index (χ2v) is 8.93. The molecular formula is C21H35N5O9. The van der Waals surface area contributed by atoms with E-state index in [0.717, 1.165) is 12.8 Å². The van der Waals surface area contributed by atoms with Gasteiger partial charge in [-0.25, -0.2) is 0 Å². The molecular weight excluding hydrogens is 466 g/mol. The minimum absolute atomic E-state index is 0.0588. The van der Waals surface area contributed by atoms with E-state index in [9.17, 15) is 39.3 Å². The molecule has 0 aromatic rings. The van der Waals surface area contributed by atoms with Crippen molar-refractivity contribution >= 4 is 29.8 Å². The lowest BCUT2D eigenvalue weighted by Gasteiger charge is -2.33. The minimum Gasteiger partial charge on any atom is -0.480 e. The maximum Gasteiger partial charge on any atom is 0.323 e. The van der Waals surface area contributed by atoms with Crippen LogP contribution in [0.25, 0.3) is 0 Å². The zero-order valence-corrected chi connectivity index (χ0v) is 19.8. The highest BCUT2D eigenvalue weighted by Gasteiger charge is 2.34. The first-order valence-electron chi connectivity index (χ1n) is 11.6. The van der Waals surface area contributed by atoms with Gasteiger partial charge >= 0.3 is 23.9 Å². The predicted octanol–water partition coefficient (Wildman–Crippen LogP) is -2.46. The van der Waals surface area contributed by atoms with Crippen molar-refractivity contribution in [2.75, 3.05) is 85.1 Å². The molecule has 1 heterocycles. The summed E-state index contributed by atoms with van der Waals surface area (Å²) in [7, 11) is 0. The van der Waals surface area contributed by atoms with E-state index < -0.39 is 23.9 Å². The molecule has 14 nitrogen and oxygen atoms in total. The van der Waals surface area contributed by atoms with Crippen LogP contribution < -0.4 is 0 Å². The maximum atomic E-state index is 12.9. The monoisotopic (exact) mass is 501 g/mol. The third kappa shape index (κ3) is 11.4. The zero-order valence-electron chi connectivity index (χ0n) is 19.8. The molecule has 1 saturated carbocycles. The number of amides is 1. The normalized spacial score (nSPS) is 19.9. The summed E-state index contributed by atoms with van der Waals surface area (Å²) in [5.41, 5.74) is 0. The molecule has 1 aliphatic carbocycles. The third-order valence-electron chi connectivity index (χ3n) is 5.98. The highest BCUT2D eigenvalue weighted by atomic mass is 16.4. The number of hydrogen-bond acceptors (Lipinski definition) is 9. The molecule has 4 N–H and O–H groups in total. The Labute approximate surface area is 203 Å². The molecule has 0 bridgehead atoms. The highest BCUT2D eigenvalue weighted by Crippen LogP contribution is 2.26. The summed E-state index contributed by atoms with van der Waals surface area (Å²) in [5.74, 6) is -4.51. The van der Waals surface area contributed by atoms with E-state index in [-0.39, 0.29) is 70.9 Å². The summed E-state index contributed by atoms with van der Waals surface area (Å²) in [4.78, 5) is 66.2. The standard InChI is InChI=1S/C21H35N5O9/c27-17(26(15-21(34)35)16-1-2-16)11-22-3-5-23(12-18(28)29)7-9-25(14-20(32)33)10-8-24(6-4-22)13-19(30)31/h16H,1-15H2,(H,28,29)(H,30,31)(H,32,33)(H,34,35). The quantitative estimate of drug-likeness (QED) is 0.234. The van der Waals surface area contributed by atoms with Gasteiger partial charge in [0.1, 0.15) is 6.54 Å². The number of nitrogens with zero attached hydrogens (tertiary/aromatic N) is 5. The number of hydrogen-bond donors (Lipinski definition) is 4. The van der Waals surface area contributed by atoms with Crippen molar-refractivity contribution in [1.29, 1.82) is 0 Å². The van der Waals surface area contributed by atoms with Crippen LogP contribution in [0.5, 0.6) is 0 Å². The predicted molar refractivity (Wildman–Crippen MR) is 121 cm³/mol. The van der Waals surface area contributed by atoms with Crippen molar-refractivity contribution in [1.82, 2.24) is 24.5 Å². The van der Waals surface area contributed by atoms with Crippen molar-refractivity contribution in [3.05, 3.63) is 0 Å². The van der Waals surface area contributed by atoms with E-state index in [2.05, 4.69) is 0 Å². The van der Waals surface area contributed by atoms with Gasteiger partial charge in [0.25, 0.3) is 0 Å². The maximum absolute atomic E-state index is 12.9. The SMILES string of the molecule is O=C(O)CN1CCN(CC(=O)O)CCN(CC(=O)N(CC(=O)O)C2CC2)CCN(CC(=O)O)CC1. The molecule has 35 heavy (non-hydrogen) atoms. The van der Waals surface area contributed by atoms with E-state index in [0.29, 0.717) is 26.2 Å². The number of carbonyl (C=O) groups is 5. The topological polar surface area (TPSA) is 182 Å². The average molecular weight is 502 g/mol. The fourth-order valence-electron chi connectivity index (χ4n) is 4.02. The fourth-order valence-corrected chi connectivity index (χ4v) is 4.02. The number of rotatable bonds is 11. The summed E-state index contributed by atoms with van der Waals surface area (Å²) in [6, 6.07) is -0.0849. The van der Waals surface area contributed by atoms with Gasteiger partial charge in [-0.2, -0.15) is 0 Å². The number of carbonyl (C=O) groups excluding carboxylic acids is 1. The molecule has 1 aliphatic heterocycles. The van der Waals surface area contributed by atoms with E-state index >= 15 is 0 Å². The van der Waals surface area contributed by atoms with E-state index in [4.69, 9.17) is 5.11 Å². The van der Waals surface area contributed by atoms with Crippen molar-refractivity contribution < 1.29 is 44.4 Å². The largest absolute Gasteiger partial charge is 0.480 e. The van der Waals surface area contributed by atoms with Crippen LogP contribution >= 0.6 is 0 Å². The van der Waals surface area contributed by atoms with Crippen LogP contribution in [0.1, 0.15) is 12.8 Å². The van der Waals surface area contributed by atoms with Gasteiger partial charge in [-0.05, 0) is 12.8 Å². The first-order chi connectivity index (χ1) is 16.5. The summed E-state index contributed by atoms with van der Waals surface area (Å²) in [6.45, 7) is 1.16. The Morgan fingerprint density at radius 1 is 0.543 bits per heavy atom. The minimum atomic E-state index is -1.09. The average Bonchev–Trinajstić information content (AvgIpc) is 3.57. The van der Waals surface area contributed by atoms with Gasteiger partial charge in [0, 0.05) is 58.4 Å². The van der Waals surface area contributed by atoms with Crippen molar-refractivity contribution in [2.24, 2.45) is 0 Å². The Hall–Kier alpha value is -2.81. The Morgan fingerprint density at radius 3 is 1.11 bits per heavy atom. The summed E-state index contributed by atoms with van der Waals surface area (Å²) >= 11 is 0. The lowest BCUT2D eigenvalue weighted by molar-refractivity contribution is -0.145. The Bertz CT molecular complexity index is 744. The van der Waals surface area contributed by atoms with E-state index in [1.54, 1.807) is 19.6 Å². The first-order valence-corrected chi connectivity index (χ1v) is 11.6. The molecule has 0 unspecified atom stereocenters. The number of carboxylic acids is 4. The lowest BCUT2D eigenvalue weighted by atomic mass is 10.3. The van der Waals surface area contributed by atoms with E-state index in [1.807, 2.05) is 0 Å². The highest BCUT2D eigenvalue weighted by molar-refractivity contribution is 5.83. The van der Waals surface area contributed by atoms with Gasteiger partial charge < -0.3 is 25.3 Å². The third-order valence-corrected chi connectivity index (χ3v) is 5.98. The second-order valence-electron chi connectivity index (χ2n) is 8.93. The molecule has 0 spiro atoms. The zero-order chi connectivity index (χ0) is 26.0. The molecule has 2 aliphatic rings. The molecule has 1 amide bonds. The van der Waals surface area contributed by atoms with Crippen LogP contribution in [0.2, 0.25) is 0 Å². The van der Waals surface area contributed by atoms with Gasteiger partial charge in [0.05, 0.1) is 26.2 Å². The van der Waals surface area contributed by atoms with Gasteiger partial charge in [0.15, 0.2) is 0 Å². The van der Waals surface area contributed by atoms with Crippen LogP contribution in [0, 0.1) is 0 Å². The van der Waals surface area contributed by atoms with Gasteiger partial charge in [-0.1, -0.05) is 0 Å². The first kappa shape index (κ1) is 28.4. The molecule has 0 atom stereocenters. The molecule has 0 aromatic heterocycles. The van der Waals surface area contributed by atoms with Gasteiger partial charge in [-0.3, -0.25) is 43.6 Å². The van der Waals surface area contributed by atoms with Crippen LogP contribution in [0.15, 0.2) is 0 Å². The van der Waals surface area contributed by atoms with Crippen LogP contribution in [-0.2, 0) is 24.0 Å². The van der Waals surface area contributed by atoms with Crippen LogP contribution in [-0.4, -0.2) is 166 Å². The van der Waals surface area contributed by atoms with Crippen molar-refractivity contribution in [3.8, 4) is 0 Å². The lowest BCUT2D eigenvalue weighted by Crippen LogP contribution is -2.50. The van der Waals surface area contributed by atoms with Crippen molar-refractivity contribution in [2.45, 2.75) is 18.9 Å². The van der Waals surface area contributed by atoms with E-state index in [1.165, 1.54) is 4.90 Å². The molecule has 2 rings (SSSR count). The Morgan fingerprint density at radius 2 is 0.857 bits per heavy atom. The molecule has 1 saturated heterocycles. The summed E-state index contributed by atoms with van der Waals surface area (Å²) in [6.07, 6.45) is 1.51. The van der Waals surface area contributed by atoms with Crippen LogP contribution in [0.4, 0.5) is 0 Å².